The third-order valence-corrected chi connectivity index (χ3v) is 4.76. The van der Waals surface area contributed by atoms with Crippen molar-refractivity contribution in [3.63, 3.8) is 0 Å². The number of hydrogen-bond donors (Lipinski definition) is 3. The van der Waals surface area contributed by atoms with E-state index in [0.717, 1.165) is 42.5 Å². The fourth-order valence-electron chi connectivity index (χ4n) is 3.44. The fourth-order valence-corrected chi connectivity index (χ4v) is 3.44. The Morgan fingerprint density at radius 3 is 2.79 bits per heavy atom. The predicted molar refractivity (Wildman–Crippen MR) is 102 cm³/mol. The monoisotopic (exact) mass is 372 g/mol. The topological polar surface area (TPSA) is 83.8 Å². The van der Waals surface area contributed by atoms with Gasteiger partial charge in [0, 0.05) is 5.92 Å². The lowest BCUT2D eigenvalue weighted by atomic mass is 9.95. The van der Waals surface area contributed by atoms with E-state index >= 15 is 0 Å². The number of nitrogens with zero attached hydrogens (tertiary/aromatic N) is 1. The number of fused-ring (bicyclic) bond motifs is 1. The lowest BCUT2D eigenvalue weighted by Gasteiger charge is -2.21. The van der Waals surface area contributed by atoms with Crippen LogP contribution < -0.4 is 11.1 Å². The summed E-state index contributed by atoms with van der Waals surface area (Å²) in [7, 11) is 0. The zero-order valence-electron chi connectivity index (χ0n) is 13.8. The zero-order valence-corrected chi connectivity index (χ0v) is 15.5. The molecule has 134 valence electrons. The van der Waals surface area contributed by atoms with Gasteiger partial charge in [-0.15, -0.1) is 24.8 Å². The second-order valence-electron chi connectivity index (χ2n) is 6.14. The number of aromatic amines is 1. The normalized spacial score (nSPS) is 20.9. The molecule has 3 rings (SSSR count). The maximum Gasteiger partial charge on any atom is 0.224 e. The van der Waals surface area contributed by atoms with E-state index in [1.54, 1.807) is 0 Å². The minimum atomic E-state index is -0.0704. The van der Waals surface area contributed by atoms with E-state index in [2.05, 4.69) is 22.2 Å². The average molecular weight is 373 g/mol. The molecule has 1 saturated carbocycles. The smallest absolute Gasteiger partial charge is 0.224 e. The number of benzene rings is 1. The van der Waals surface area contributed by atoms with Crippen molar-refractivity contribution in [1.29, 1.82) is 0 Å². The van der Waals surface area contributed by atoms with Crippen LogP contribution in [-0.4, -0.2) is 22.4 Å². The molecule has 1 aliphatic carbocycles. The third-order valence-electron chi connectivity index (χ3n) is 4.76. The van der Waals surface area contributed by atoms with E-state index in [1.807, 2.05) is 24.3 Å². The van der Waals surface area contributed by atoms with Crippen LogP contribution in [0, 0.1) is 11.8 Å². The van der Waals surface area contributed by atoms with Gasteiger partial charge in [-0.1, -0.05) is 25.5 Å². The fraction of sp³-hybridized carbons (Fsp3) is 0.529. The highest BCUT2D eigenvalue weighted by atomic mass is 35.5. The first-order valence-corrected chi connectivity index (χ1v) is 8.18. The quantitative estimate of drug-likeness (QED) is 0.752. The largest absolute Gasteiger partial charge is 0.346 e. The van der Waals surface area contributed by atoms with Crippen molar-refractivity contribution in [2.45, 2.75) is 38.6 Å². The van der Waals surface area contributed by atoms with Crippen LogP contribution in [0.15, 0.2) is 24.3 Å². The first kappa shape index (κ1) is 20.7. The minimum absolute atomic E-state index is 0. The predicted octanol–water partition coefficient (Wildman–Crippen LogP) is 3.35. The molecule has 0 bridgehead atoms. The van der Waals surface area contributed by atoms with Gasteiger partial charge >= 0.3 is 0 Å². The molecule has 7 heteroatoms. The van der Waals surface area contributed by atoms with Gasteiger partial charge in [-0.2, -0.15) is 0 Å². The number of nitrogens with two attached hydrogens (primary N) is 1. The number of hydrogen-bond acceptors (Lipinski definition) is 3. The molecule has 5 nitrogen and oxygen atoms in total. The number of amides is 1. The van der Waals surface area contributed by atoms with Gasteiger partial charge in [-0.25, -0.2) is 4.98 Å². The van der Waals surface area contributed by atoms with Crippen LogP contribution in [0.5, 0.6) is 0 Å². The Bertz CT molecular complexity index is 628. The standard InChI is InChI=1S/C17H24N4O.2ClH/c1-2-13(16-19-14-8-3-4-9-15(14)20-16)21-17(22)12-7-5-6-11(12)10-18;;/h3-4,8-9,11-13H,2,5-7,10,18H2,1H3,(H,19,20)(H,21,22);2*1H/t11-,12-,13?;;/m1../s1. The van der Waals surface area contributed by atoms with Crippen molar-refractivity contribution in [3.8, 4) is 0 Å². The van der Waals surface area contributed by atoms with E-state index in [-0.39, 0.29) is 42.7 Å². The number of nitrogens with one attached hydrogen (secondary N) is 2. The Morgan fingerprint density at radius 1 is 1.38 bits per heavy atom. The van der Waals surface area contributed by atoms with Gasteiger partial charge < -0.3 is 16.0 Å². The number of rotatable bonds is 5. The molecule has 1 unspecified atom stereocenters. The van der Waals surface area contributed by atoms with Crippen LogP contribution >= 0.6 is 24.8 Å². The molecule has 2 aromatic rings. The molecule has 1 aliphatic rings. The Labute approximate surface area is 155 Å². The number of halogens is 2. The van der Waals surface area contributed by atoms with Crippen molar-refractivity contribution >= 4 is 41.8 Å². The molecule has 0 radical (unpaired) electrons. The summed E-state index contributed by atoms with van der Waals surface area (Å²) >= 11 is 0. The van der Waals surface area contributed by atoms with Crippen LogP contribution in [0.4, 0.5) is 0 Å². The Balaban J connectivity index is 0.00000144. The average Bonchev–Trinajstić information content (AvgIpc) is 3.18. The number of carbonyl (C=O) groups excluding carboxylic acids is 1. The van der Waals surface area contributed by atoms with E-state index in [4.69, 9.17) is 5.73 Å². The van der Waals surface area contributed by atoms with Crippen molar-refractivity contribution in [2.24, 2.45) is 17.6 Å². The molecule has 3 atom stereocenters. The van der Waals surface area contributed by atoms with E-state index in [1.165, 1.54) is 0 Å². The number of para-hydroxylation sites is 2. The van der Waals surface area contributed by atoms with Crippen molar-refractivity contribution in [1.82, 2.24) is 15.3 Å². The van der Waals surface area contributed by atoms with Gasteiger partial charge in [-0.3, -0.25) is 4.79 Å². The maximum absolute atomic E-state index is 12.6. The van der Waals surface area contributed by atoms with Crippen molar-refractivity contribution < 1.29 is 4.79 Å². The molecule has 0 saturated heterocycles. The van der Waals surface area contributed by atoms with E-state index in [0.29, 0.717) is 12.5 Å². The van der Waals surface area contributed by atoms with Gasteiger partial charge in [-0.05, 0) is 43.9 Å². The molecular formula is C17H26Cl2N4O. The summed E-state index contributed by atoms with van der Waals surface area (Å²) in [5.74, 6) is 1.34. The molecule has 0 spiro atoms. The van der Waals surface area contributed by atoms with E-state index in [9.17, 15) is 4.79 Å². The molecular weight excluding hydrogens is 347 g/mol. The second kappa shape index (κ2) is 9.25. The summed E-state index contributed by atoms with van der Waals surface area (Å²) in [6, 6.07) is 7.86. The summed E-state index contributed by atoms with van der Waals surface area (Å²) < 4.78 is 0. The summed E-state index contributed by atoms with van der Waals surface area (Å²) in [6.07, 6.45) is 3.92. The van der Waals surface area contributed by atoms with Gasteiger partial charge in [0.15, 0.2) is 0 Å². The lowest BCUT2D eigenvalue weighted by Crippen LogP contribution is -2.37. The third kappa shape index (κ3) is 4.21. The maximum atomic E-state index is 12.6. The van der Waals surface area contributed by atoms with Gasteiger partial charge in [0.2, 0.25) is 5.91 Å². The number of aromatic nitrogens is 2. The number of imidazole rings is 1. The summed E-state index contributed by atoms with van der Waals surface area (Å²) in [4.78, 5) is 20.5. The first-order chi connectivity index (χ1) is 10.7. The van der Waals surface area contributed by atoms with Crippen molar-refractivity contribution in [2.75, 3.05) is 6.54 Å². The molecule has 24 heavy (non-hydrogen) atoms. The molecule has 1 aromatic heterocycles. The second-order valence-corrected chi connectivity index (χ2v) is 6.14. The summed E-state index contributed by atoms with van der Waals surface area (Å²) in [6.45, 7) is 2.66. The molecule has 1 aromatic carbocycles. The molecule has 1 fully saturated rings. The highest BCUT2D eigenvalue weighted by Crippen LogP contribution is 2.31. The van der Waals surface area contributed by atoms with Gasteiger partial charge in [0.1, 0.15) is 5.82 Å². The molecule has 1 amide bonds. The Kier molecular flexibility index (Phi) is 8.00. The van der Waals surface area contributed by atoms with Crippen molar-refractivity contribution in [3.05, 3.63) is 30.1 Å². The van der Waals surface area contributed by atoms with E-state index < -0.39 is 0 Å². The highest BCUT2D eigenvalue weighted by Gasteiger charge is 2.33. The van der Waals surface area contributed by atoms with Gasteiger partial charge in [0.05, 0.1) is 17.1 Å². The first-order valence-electron chi connectivity index (χ1n) is 8.18. The Hall–Kier alpha value is -1.30. The molecule has 1 heterocycles. The Morgan fingerprint density at radius 2 is 2.12 bits per heavy atom. The minimum Gasteiger partial charge on any atom is -0.346 e. The molecule has 4 N–H and O–H groups in total. The highest BCUT2D eigenvalue weighted by molar-refractivity contribution is 5.85. The number of H-pyrrole nitrogens is 1. The van der Waals surface area contributed by atoms with Crippen LogP contribution in [0.3, 0.4) is 0 Å². The van der Waals surface area contributed by atoms with Crippen LogP contribution in [0.1, 0.15) is 44.5 Å². The summed E-state index contributed by atoms with van der Waals surface area (Å²) in [5.41, 5.74) is 7.73. The lowest BCUT2D eigenvalue weighted by molar-refractivity contribution is -0.126. The summed E-state index contributed by atoms with van der Waals surface area (Å²) in [5, 5.41) is 3.16. The SMILES string of the molecule is CCC(NC(=O)[C@@H]1CCC[C@@H]1CN)c1nc2ccccc2[nH]1.Cl.Cl. The number of carbonyl (C=O) groups is 1. The van der Waals surface area contributed by atoms with Crippen LogP contribution in [0.2, 0.25) is 0 Å². The van der Waals surface area contributed by atoms with Crippen LogP contribution in [0.25, 0.3) is 11.0 Å². The van der Waals surface area contributed by atoms with Crippen LogP contribution in [-0.2, 0) is 4.79 Å². The van der Waals surface area contributed by atoms with Gasteiger partial charge in [0.25, 0.3) is 0 Å². The molecule has 0 aliphatic heterocycles. The zero-order chi connectivity index (χ0) is 15.5.